The molecule has 1 atom stereocenters. The molecule has 0 unspecified atom stereocenters. The van der Waals surface area contributed by atoms with E-state index in [1.807, 2.05) is 36.1 Å². The Morgan fingerprint density at radius 1 is 1.15 bits per heavy atom. The number of rotatable bonds is 4. The van der Waals surface area contributed by atoms with E-state index in [0.717, 1.165) is 18.7 Å². The Labute approximate surface area is 166 Å². The van der Waals surface area contributed by atoms with Crippen LogP contribution in [0.15, 0.2) is 53.7 Å². The van der Waals surface area contributed by atoms with Gasteiger partial charge in [-0.1, -0.05) is 47.6 Å². The van der Waals surface area contributed by atoms with Gasteiger partial charge in [0.05, 0.1) is 10.9 Å². The zero-order valence-electron chi connectivity index (χ0n) is 14.7. The number of benzene rings is 2. The first-order valence-electron chi connectivity index (χ1n) is 8.68. The van der Waals surface area contributed by atoms with E-state index in [0.29, 0.717) is 16.7 Å². The molecule has 3 aromatic rings. The summed E-state index contributed by atoms with van der Waals surface area (Å²) in [5.74, 6) is 0.0974. The Kier molecular flexibility index (Phi) is 5.13. The third-order valence-corrected chi connectivity index (χ3v) is 5.86. The van der Waals surface area contributed by atoms with Crippen molar-refractivity contribution in [3.8, 4) is 5.69 Å². The number of thioether (sulfide) groups is 1. The van der Waals surface area contributed by atoms with Crippen LogP contribution in [0.4, 0.5) is 0 Å². The minimum absolute atomic E-state index is 0.0974. The smallest absolute Gasteiger partial charge is 0.236 e. The standard InChI is InChI=1S/C19H18ClN5OS/c1-13(18(26)24-11-10-14-4-2-3-5-15(14)12-24)27-19-21-22-23-25(19)17-8-6-16(20)7-9-17/h2-9,13H,10-12H2,1H3/t13-/m1/s1. The summed E-state index contributed by atoms with van der Waals surface area (Å²) in [5, 5.41) is 12.8. The molecule has 1 amide bonds. The van der Waals surface area contributed by atoms with Crippen molar-refractivity contribution in [1.82, 2.24) is 25.1 Å². The summed E-state index contributed by atoms with van der Waals surface area (Å²) in [6.07, 6.45) is 0.891. The quantitative estimate of drug-likeness (QED) is 0.629. The highest BCUT2D eigenvalue weighted by atomic mass is 35.5. The van der Waals surface area contributed by atoms with Crippen molar-refractivity contribution in [3.63, 3.8) is 0 Å². The number of fused-ring (bicyclic) bond motifs is 1. The van der Waals surface area contributed by atoms with Gasteiger partial charge in [-0.3, -0.25) is 4.79 Å². The lowest BCUT2D eigenvalue weighted by molar-refractivity contribution is -0.131. The Balaban J connectivity index is 1.47. The normalized spacial score (nSPS) is 14.7. The Morgan fingerprint density at radius 3 is 2.67 bits per heavy atom. The highest BCUT2D eigenvalue weighted by Gasteiger charge is 2.26. The van der Waals surface area contributed by atoms with Crippen LogP contribution in [0.5, 0.6) is 0 Å². The lowest BCUT2D eigenvalue weighted by atomic mass is 10.00. The van der Waals surface area contributed by atoms with Crippen LogP contribution in [0.25, 0.3) is 5.69 Å². The molecular formula is C19H18ClN5OS. The van der Waals surface area contributed by atoms with Crippen molar-refractivity contribution in [2.45, 2.75) is 30.3 Å². The van der Waals surface area contributed by atoms with Gasteiger partial charge in [0.2, 0.25) is 11.1 Å². The van der Waals surface area contributed by atoms with E-state index < -0.39 is 0 Å². The van der Waals surface area contributed by atoms with Gasteiger partial charge in [-0.25, -0.2) is 0 Å². The average molecular weight is 400 g/mol. The van der Waals surface area contributed by atoms with E-state index in [1.165, 1.54) is 22.9 Å². The molecule has 0 spiro atoms. The van der Waals surface area contributed by atoms with Crippen LogP contribution >= 0.6 is 23.4 Å². The summed E-state index contributed by atoms with van der Waals surface area (Å²) in [4.78, 5) is 14.8. The molecule has 0 aliphatic carbocycles. The monoisotopic (exact) mass is 399 g/mol. The maximum absolute atomic E-state index is 12.9. The number of halogens is 1. The molecule has 0 bridgehead atoms. The number of aromatic nitrogens is 4. The lowest BCUT2D eigenvalue weighted by Crippen LogP contribution is -2.40. The average Bonchev–Trinajstić information content (AvgIpc) is 3.15. The first-order chi connectivity index (χ1) is 13.1. The molecule has 2 aromatic carbocycles. The van der Waals surface area contributed by atoms with Gasteiger partial charge in [0.15, 0.2) is 0 Å². The maximum atomic E-state index is 12.9. The number of tetrazole rings is 1. The van der Waals surface area contributed by atoms with Crippen LogP contribution in [-0.4, -0.2) is 42.8 Å². The molecular weight excluding hydrogens is 382 g/mol. The predicted molar refractivity (Wildman–Crippen MR) is 105 cm³/mol. The molecule has 0 saturated heterocycles. The van der Waals surface area contributed by atoms with Crippen LogP contribution in [0.2, 0.25) is 5.02 Å². The largest absolute Gasteiger partial charge is 0.337 e. The molecule has 2 heterocycles. The van der Waals surface area contributed by atoms with Gasteiger partial charge in [-0.2, -0.15) is 4.68 Å². The van der Waals surface area contributed by atoms with Crippen LogP contribution in [-0.2, 0) is 17.8 Å². The molecule has 6 nitrogen and oxygen atoms in total. The van der Waals surface area contributed by atoms with Gasteiger partial charge in [0.25, 0.3) is 0 Å². The van der Waals surface area contributed by atoms with Gasteiger partial charge in [0.1, 0.15) is 0 Å². The summed E-state index contributed by atoms with van der Waals surface area (Å²) in [6.45, 7) is 3.29. The molecule has 1 aromatic heterocycles. The molecule has 0 fully saturated rings. The minimum Gasteiger partial charge on any atom is -0.337 e. The molecule has 0 radical (unpaired) electrons. The topological polar surface area (TPSA) is 63.9 Å². The van der Waals surface area contributed by atoms with Crippen molar-refractivity contribution in [1.29, 1.82) is 0 Å². The highest BCUT2D eigenvalue weighted by Crippen LogP contribution is 2.27. The first-order valence-corrected chi connectivity index (χ1v) is 9.94. The van der Waals surface area contributed by atoms with Gasteiger partial charge in [-0.05, 0) is 59.2 Å². The van der Waals surface area contributed by atoms with E-state index in [4.69, 9.17) is 11.6 Å². The van der Waals surface area contributed by atoms with Crippen LogP contribution in [0, 0.1) is 0 Å². The minimum atomic E-state index is -0.285. The fraction of sp³-hybridized carbons (Fsp3) is 0.263. The molecule has 0 saturated carbocycles. The Morgan fingerprint density at radius 2 is 1.89 bits per heavy atom. The number of carbonyl (C=O) groups excluding carboxylic acids is 1. The fourth-order valence-corrected chi connectivity index (χ4v) is 4.16. The van der Waals surface area contributed by atoms with E-state index in [2.05, 4.69) is 27.7 Å². The lowest BCUT2D eigenvalue weighted by Gasteiger charge is -2.30. The fourth-order valence-electron chi connectivity index (χ4n) is 3.15. The van der Waals surface area contributed by atoms with Crippen molar-refractivity contribution < 1.29 is 4.79 Å². The van der Waals surface area contributed by atoms with Gasteiger partial charge < -0.3 is 4.90 Å². The maximum Gasteiger partial charge on any atom is 0.236 e. The SMILES string of the molecule is C[C@@H](Sc1nnnn1-c1ccc(Cl)cc1)C(=O)N1CCc2ccccc2C1. The summed E-state index contributed by atoms with van der Waals surface area (Å²) < 4.78 is 1.62. The second-order valence-corrected chi connectivity index (χ2v) is 8.13. The van der Waals surface area contributed by atoms with E-state index in [9.17, 15) is 4.79 Å². The van der Waals surface area contributed by atoms with Crippen LogP contribution in [0.1, 0.15) is 18.1 Å². The van der Waals surface area contributed by atoms with Crippen LogP contribution < -0.4 is 0 Å². The zero-order chi connectivity index (χ0) is 18.8. The van der Waals surface area contributed by atoms with E-state index in [1.54, 1.807) is 16.8 Å². The van der Waals surface area contributed by atoms with Crippen molar-refractivity contribution in [3.05, 3.63) is 64.7 Å². The zero-order valence-corrected chi connectivity index (χ0v) is 16.3. The van der Waals surface area contributed by atoms with Gasteiger partial charge in [0, 0.05) is 18.1 Å². The van der Waals surface area contributed by atoms with E-state index in [-0.39, 0.29) is 11.2 Å². The van der Waals surface area contributed by atoms with Gasteiger partial charge in [-0.15, -0.1) is 5.10 Å². The van der Waals surface area contributed by atoms with E-state index >= 15 is 0 Å². The van der Waals surface area contributed by atoms with Crippen molar-refractivity contribution in [2.75, 3.05) is 6.54 Å². The Bertz CT molecular complexity index is 959. The molecule has 0 N–H and O–H groups in total. The number of hydrogen-bond acceptors (Lipinski definition) is 5. The van der Waals surface area contributed by atoms with Gasteiger partial charge >= 0.3 is 0 Å². The first kappa shape index (κ1) is 18.0. The molecule has 27 heavy (non-hydrogen) atoms. The second kappa shape index (κ2) is 7.70. The number of amides is 1. The third kappa shape index (κ3) is 3.84. The highest BCUT2D eigenvalue weighted by molar-refractivity contribution is 8.00. The van der Waals surface area contributed by atoms with Crippen LogP contribution in [0.3, 0.4) is 0 Å². The molecule has 1 aliphatic heterocycles. The second-order valence-electron chi connectivity index (χ2n) is 6.39. The third-order valence-electron chi connectivity index (χ3n) is 4.58. The number of nitrogens with zero attached hydrogens (tertiary/aromatic N) is 5. The number of carbonyl (C=O) groups is 1. The predicted octanol–water partition coefficient (Wildman–Crippen LogP) is 3.38. The molecule has 1 aliphatic rings. The van der Waals surface area contributed by atoms with Crippen molar-refractivity contribution >= 4 is 29.3 Å². The molecule has 4 rings (SSSR count). The molecule has 138 valence electrons. The Hall–Kier alpha value is -2.38. The summed E-state index contributed by atoms with van der Waals surface area (Å²) in [7, 11) is 0. The summed E-state index contributed by atoms with van der Waals surface area (Å²) in [6, 6.07) is 15.5. The number of hydrogen-bond donors (Lipinski definition) is 0. The van der Waals surface area contributed by atoms with Crippen molar-refractivity contribution in [2.24, 2.45) is 0 Å². The molecule has 8 heteroatoms. The summed E-state index contributed by atoms with van der Waals surface area (Å²) >= 11 is 7.31. The summed E-state index contributed by atoms with van der Waals surface area (Å²) in [5.41, 5.74) is 3.35.